The molecular weight excluding hydrogens is 414 g/mol. The second-order valence-electron chi connectivity index (χ2n) is 7.73. The number of hydrogen-bond acceptors (Lipinski definition) is 7. The molecule has 1 aliphatic rings. The predicted molar refractivity (Wildman–Crippen MR) is 118 cm³/mol. The van der Waals surface area contributed by atoms with Gasteiger partial charge in [0.05, 0.1) is 12.8 Å². The van der Waals surface area contributed by atoms with Crippen molar-refractivity contribution in [3.63, 3.8) is 0 Å². The Morgan fingerprint density at radius 3 is 2.68 bits per heavy atom. The summed E-state index contributed by atoms with van der Waals surface area (Å²) in [5.41, 5.74) is 10.2. The average molecular weight is 440 g/mol. The number of anilines is 1. The summed E-state index contributed by atoms with van der Waals surface area (Å²) in [5.74, 6) is 0.714. The Morgan fingerprint density at radius 2 is 1.94 bits per heavy atom. The van der Waals surface area contributed by atoms with Crippen molar-refractivity contribution in [1.82, 2.24) is 19.3 Å². The minimum absolute atomic E-state index is 0.0558. The minimum atomic E-state index is -3.71. The third kappa shape index (κ3) is 3.98. The number of nitrogens with zero attached hydrogens (tertiary/aromatic N) is 4. The molecular formula is C22H25N5O3S. The topological polar surface area (TPSA) is 111 Å². The second kappa shape index (κ2) is 8.24. The van der Waals surface area contributed by atoms with Crippen LogP contribution < -0.4 is 10.5 Å². The van der Waals surface area contributed by atoms with Crippen molar-refractivity contribution in [3.05, 3.63) is 59.8 Å². The fourth-order valence-corrected chi connectivity index (χ4v) is 5.66. The maximum atomic E-state index is 13.4. The molecule has 31 heavy (non-hydrogen) atoms. The summed E-state index contributed by atoms with van der Waals surface area (Å²) in [6, 6.07) is 7.08. The van der Waals surface area contributed by atoms with E-state index in [2.05, 4.69) is 15.0 Å². The van der Waals surface area contributed by atoms with Gasteiger partial charge in [-0.3, -0.25) is 0 Å². The van der Waals surface area contributed by atoms with E-state index in [9.17, 15) is 8.42 Å². The van der Waals surface area contributed by atoms with Crippen molar-refractivity contribution in [2.45, 2.75) is 31.1 Å². The molecule has 0 aliphatic carbocycles. The molecule has 1 atom stereocenters. The van der Waals surface area contributed by atoms with E-state index in [1.165, 1.54) is 17.7 Å². The Kier molecular flexibility index (Phi) is 5.63. The van der Waals surface area contributed by atoms with Gasteiger partial charge in [-0.15, -0.1) is 0 Å². The number of rotatable bonds is 5. The van der Waals surface area contributed by atoms with Crippen LogP contribution in [0.4, 0.5) is 5.82 Å². The largest absolute Gasteiger partial charge is 0.495 e. The van der Waals surface area contributed by atoms with Crippen LogP contribution in [-0.4, -0.2) is 47.9 Å². The molecule has 162 valence electrons. The molecule has 8 nitrogen and oxygen atoms in total. The van der Waals surface area contributed by atoms with Gasteiger partial charge in [0, 0.05) is 37.0 Å². The Labute approximate surface area is 182 Å². The fraction of sp³-hybridized carbons (Fsp3) is 0.318. The van der Waals surface area contributed by atoms with Crippen molar-refractivity contribution in [3.8, 4) is 16.9 Å². The maximum Gasteiger partial charge on any atom is 0.246 e. The third-order valence-electron chi connectivity index (χ3n) is 5.77. The zero-order valence-corrected chi connectivity index (χ0v) is 18.6. The number of nitrogen functional groups attached to an aromatic ring is 1. The molecule has 0 bridgehead atoms. The van der Waals surface area contributed by atoms with E-state index in [4.69, 9.17) is 10.5 Å². The zero-order valence-electron chi connectivity index (χ0n) is 17.7. The van der Waals surface area contributed by atoms with E-state index >= 15 is 0 Å². The van der Waals surface area contributed by atoms with E-state index in [1.807, 2.05) is 19.9 Å². The molecule has 2 aromatic heterocycles. The number of pyridine rings is 1. The van der Waals surface area contributed by atoms with Crippen LogP contribution in [0.15, 0.2) is 47.9 Å². The number of sulfonamides is 1. The molecule has 3 heterocycles. The lowest BCUT2D eigenvalue weighted by Crippen LogP contribution is -2.29. The number of ether oxygens (including phenoxy) is 1. The highest BCUT2D eigenvalue weighted by Gasteiger charge is 2.36. The fourth-order valence-electron chi connectivity index (χ4n) is 3.94. The summed E-state index contributed by atoms with van der Waals surface area (Å²) in [6.07, 6.45) is 5.53. The molecule has 0 saturated carbocycles. The number of aromatic nitrogens is 3. The van der Waals surface area contributed by atoms with Crippen LogP contribution in [0.25, 0.3) is 11.1 Å². The highest BCUT2D eigenvalue weighted by Crippen LogP contribution is 2.37. The van der Waals surface area contributed by atoms with Crippen LogP contribution in [0.5, 0.6) is 5.75 Å². The average Bonchev–Trinajstić information content (AvgIpc) is 3.26. The van der Waals surface area contributed by atoms with Gasteiger partial charge < -0.3 is 10.5 Å². The molecule has 0 spiro atoms. The van der Waals surface area contributed by atoms with Gasteiger partial charge in [-0.1, -0.05) is 0 Å². The summed E-state index contributed by atoms with van der Waals surface area (Å²) < 4.78 is 33.8. The molecule has 1 unspecified atom stereocenters. The lowest BCUT2D eigenvalue weighted by atomic mass is 9.96. The summed E-state index contributed by atoms with van der Waals surface area (Å²) in [7, 11) is -2.22. The number of aryl methyl sites for hydroxylation is 2. The second-order valence-corrected chi connectivity index (χ2v) is 9.63. The summed E-state index contributed by atoms with van der Waals surface area (Å²) >= 11 is 0. The lowest BCUT2D eigenvalue weighted by Gasteiger charge is -2.20. The van der Waals surface area contributed by atoms with Gasteiger partial charge in [-0.25, -0.2) is 23.4 Å². The smallest absolute Gasteiger partial charge is 0.246 e. The highest BCUT2D eigenvalue weighted by atomic mass is 32.2. The van der Waals surface area contributed by atoms with Crippen LogP contribution in [0.3, 0.4) is 0 Å². The number of nitrogens with two attached hydrogens (primary N) is 1. The summed E-state index contributed by atoms with van der Waals surface area (Å²) in [5, 5.41) is 0. The first kappa shape index (κ1) is 21.2. The number of benzene rings is 1. The van der Waals surface area contributed by atoms with Gasteiger partial charge in [0.15, 0.2) is 0 Å². The Bertz CT molecular complexity index is 1230. The molecule has 4 rings (SSSR count). The Hall–Kier alpha value is -3.04. The predicted octanol–water partition coefficient (Wildman–Crippen LogP) is 2.92. The van der Waals surface area contributed by atoms with Gasteiger partial charge in [-0.05, 0) is 61.2 Å². The molecule has 1 aromatic carbocycles. The highest BCUT2D eigenvalue weighted by molar-refractivity contribution is 7.89. The summed E-state index contributed by atoms with van der Waals surface area (Å²) in [6.45, 7) is 4.57. The molecule has 2 N–H and O–H groups in total. The van der Waals surface area contributed by atoms with E-state index in [0.717, 1.165) is 27.9 Å². The first-order valence-electron chi connectivity index (χ1n) is 9.98. The normalized spacial score (nSPS) is 17.1. The maximum absolute atomic E-state index is 13.4. The summed E-state index contributed by atoms with van der Waals surface area (Å²) in [4.78, 5) is 12.9. The quantitative estimate of drug-likeness (QED) is 0.650. The van der Waals surface area contributed by atoms with Crippen LogP contribution >= 0.6 is 0 Å². The zero-order chi connectivity index (χ0) is 22.2. The Balaban J connectivity index is 1.66. The van der Waals surface area contributed by atoms with Crippen LogP contribution in [0, 0.1) is 13.8 Å². The molecule has 0 radical (unpaired) electrons. The first-order chi connectivity index (χ1) is 14.8. The number of hydrogen-bond donors (Lipinski definition) is 1. The molecule has 0 amide bonds. The van der Waals surface area contributed by atoms with Crippen molar-refractivity contribution < 1.29 is 13.2 Å². The number of methoxy groups -OCH3 is 1. The van der Waals surface area contributed by atoms with Crippen molar-refractivity contribution in [1.29, 1.82) is 0 Å². The van der Waals surface area contributed by atoms with Gasteiger partial charge >= 0.3 is 0 Å². The van der Waals surface area contributed by atoms with Gasteiger partial charge in [0.25, 0.3) is 0 Å². The van der Waals surface area contributed by atoms with Crippen molar-refractivity contribution in [2.24, 2.45) is 0 Å². The molecule has 1 fully saturated rings. The first-order valence-corrected chi connectivity index (χ1v) is 11.4. The van der Waals surface area contributed by atoms with Crippen LogP contribution in [-0.2, 0) is 10.0 Å². The molecule has 1 aliphatic heterocycles. The van der Waals surface area contributed by atoms with Crippen LogP contribution in [0.1, 0.15) is 29.2 Å². The van der Waals surface area contributed by atoms with Crippen molar-refractivity contribution >= 4 is 15.8 Å². The molecule has 9 heteroatoms. The van der Waals surface area contributed by atoms with E-state index in [1.54, 1.807) is 30.6 Å². The molecule has 3 aromatic rings. The SMILES string of the molecule is COc1cc(C)c(C)cc1S(=O)(=O)N1CCC(c2ncncc2-c2ccnc(N)c2)C1. The van der Waals surface area contributed by atoms with E-state index < -0.39 is 10.0 Å². The van der Waals surface area contributed by atoms with Crippen LogP contribution in [0.2, 0.25) is 0 Å². The van der Waals surface area contributed by atoms with Gasteiger partial charge in [-0.2, -0.15) is 4.31 Å². The molecule has 1 saturated heterocycles. The third-order valence-corrected chi connectivity index (χ3v) is 7.66. The van der Waals surface area contributed by atoms with Gasteiger partial charge in [0.1, 0.15) is 22.8 Å². The van der Waals surface area contributed by atoms with Gasteiger partial charge in [0.2, 0.25) is 10.0 Å². The van der Waals surface area contributed by atoms with Crippen molar-refractivity contribution in [2.75, 3.05) is 25.9 Å². The minimum Gasteiger partial charge on any atom is -0.495 e. The Morgan fingerprint density at radius 1 is 1.16 bits per heavy atom. The standard InChI is InChI=1S/C22H25N5O3S/c1-14-8-19(30-3)20(9-15(14)2)31(28,29)27-7-5-17(12-27)22-18(11-24-13-26-22)16-4-6-25-21(23)10-16/h4,6,8-11,13,17H,5,7,12H2,1-3H3,(H2,23,25). The van der Waals surface area contributed by atoms with E-state index in [-0.39, 0.29) is 10.8 Å². The monoisotopic (exact) mass is 439 g/mol. The lowest BCUT2D eigenvalue weighted by molar-refractivity contribution is 0.397. The van der Waals surface area contributed by atoms with E-state index in [0.29, 0.717) is 31.1 Å².